The monoisotopic (exact) mass is 344 g/mol. The topological polar surface area (TPSA) is 70.7 Å². The molecule has 0 spiro atoms. The highest BCUT2D eigenvalue weighted by atomic mass is 79.9. The van der Waals surface area contributed by atoms with Gasteiger partial charge in [0.15, 0.2) is 0 Å². The number of rotatable bonds is 3. The second kappa shape index (κ2) is 5.66. The second-order valence-corrected chi connectivity index (χ2v) is 5.25. The first-order valence-corrected chi connectivity index (χ1v) is 6.56. The second-order valence-electron chi connectivity index (χ2n) is 4.40. The highest BCUT2D eigenvalue weighted by molar-refractivity contribution is 9.10. The van der Waals surface area contributed by atoms with Crippen LogP contribution in [0.4, 0.5) is 14.5 Å². The molecule has 8 heteroatoms. The molecule has 1 aromatic carbocycles. The molecule has 2 N–H and O–H groups in total. The van der Waals surface area contributed by atoms with Crippen molar-refractivity contribution in [2.24, 2.45) is 0 Å². The molecule has 0 aliphatic rings. The Kier molecular flexibility index (Phi) is 4.12. The van der Waals surface area contributed by atoms with Crippen molar-refractivity contribution < 1.29 is 13.6 Å². The molecule has 5 nitrogen and oxygen atoms in total. The minimum Gasteiger partial charge on any atom is -0.317 e. The van der Waals surface area contributed by atoms with Crippen LogP contribution in [0.2, 0.25) is 0 Å². The lowest BCUT2D eigenvalue weighted by atomic mass is 10.2. The fourth-order valence-corrected chi connectivity index (χ4v) is 1.77. The molecule has 0 atom stereocenters. The van der Waals surface area contributed by atoms with Gasteiger partial charge < -0.3 is 5.32 Å². The normalized spacial score (nSPS) is 10.9. The van der Waals surface area contributed by atoms with E-state index in [-0.39, 0.29) is 21.9 Å². The number of carbonyl (C=O) groups excluding carboxylic acids is 1. The van der Waals surface area contributed by atoms with Crippen LogP contribution in [0.5, 0.6) is 0 Å². The maximum atomic E-state index is 13.5. The molecule has 20 heavy (non-hydrogen) atoms. The van der Waals surface area contributed by atoms with Crippen LogP contribution in [0.3, 0.4) is 0 Å². The maximum Gasteiger partial charge on any atom is 0.295 e. The summed E-state index contributed by atoms with van der Waals surface area (Å²) in [5.74, 6) is -1.77. The molecular weight excluding hydrogens is 334 g/mol. The van der Waals surface area contributed by atoms with Crippen LogP contribution in [0.1, 0.15) is 36.2 Å². The van der Waals surface area contributed by atoms with Gasteiger partial charge in [-0.05, 0) is 22.0 Å². The highest BCUT2D eigenvalue weighted by Crippen LogP contribution is 2.24. The maximum absolute atomic E-state index is 13.5. The Balaban J connectivity index is 2.21. The van der Waals surface area contributed by atoms with Crippen molar-refractivity contribution in [2.45, 2.75) is 19.8 Å². The Bertz CT molecular complexity index is 657. The Morgan fingerprint density at radius 2 is 2.05 bits per heavy atom. The number of aromatic nitrogens is 3. The van der Waals surface area contributed by atoms with Crippen molar-refractivity contribution >= 4 is 27.5 Å². The first-order valence-electron chi connectivity index (χ1n) is 5.76. The van der Waals surface area contributed by atoms with Gasteiger partial charge in [0.05, 0.1) is 10.2 Å². The molecule has 106 valence electrons. The van der Waals surface area contributed by atoms with Crippen LogP contribution in [0.15, 0.2) is 16.6 Å². The molecule has 2 aromatic rings. The Morgan fingerprint density at radius 1 is 1.35 bits per heavy atom. The van der Waals surface area contributed by atoms with E-state index < -0.39 is 17.5 Å². The standard InChI is InChI=1S/C12H11BrF2N4O/c1-5(2)10-17-11(19-18-10)12(20)16-9-3-6(13)7(14)4-8(9)15/h3-5H,1-2H3,(H,16,20)(H,17,18,19). The van der Waals surface area contributed by atoms with Gasteiger partial charge in [-0.15, -0.1) is 5.10 Å². The molecule has 0 saturated carbocycles. The molecule has 0 bridgehead atoms. The largest absolute Gasteiger partial charge is 0.317 e. The van der Waals surface area contributed by atoms with Crippen LogP contribution in [0, 0.1) is 11.6 Å². The number of halogens is 3. The van der Waals surface area contributed by atoms with Crippen LogP contribution < -0.4 is 5.32 Å². The molecule has 0 aliphatic heterocycles. The summed E-state index contributed by atoms with van der Waals surface area (Å²) in [6, 6.07) is 1.82. The van der Waals surface area contributed by atoms with Gasteiger partial charge in [0.1, 0.15) is 17.5 Å². The van der Waals surface area contributed by atoms with Gasteiger partial charge in [-0.1, -0.05) is 13.8 Å². The van der Waals surface area contributed by atoms with Crippen LogP contribution >= 0.6 is 15.9 Å². The van der Waals surface area contributed by atoms with Crippen LogP contribution in [-0.4, -0.2) is 21.1 Å². The van der Waals surface area contributed by atoms with E-state index in [4.69, 9.17) is 0 Å². The smallest absolute Gasteiger partial charge is 0.295 e. The molecule has 0 radical (unpaired) electrons. The number of nitrogens with zero attached hydrogens (tertiary/aromatic N) is 2. The Labute approximate surface area is 121 Å². The average Bonchev–Trinajstić information content (AvgIpc) is 2.85. The molecule has 0 fully saturated rings. The number of benzene rings is 1. The number of amides is 1. The predicted octanol–water partition coefficient (Wildman–Crippen LogP) is 3.22. The summed E-state index contributed by atoms with van der Waals surface area (Å²) >= 11 is 2.92. The third kappa shape index (κ3) is 3.01. The number of anilines is 1. The van der Waals surface area contributed by atoms with Crippen molar-refractivity contribution in [1.29, 1.82) is 0 Å². The summed E-state index contributed by atoms with van der Waals surface area (Å²) in [5, 5.41) is 8.66. The third-order valence-corrected chi connectivity index (χ3v) is 3.12. The summed E-state index contributed by atoms with van der Waals surface area (Å²) < 4.78 is 26.6. The van der Waals surface area contributed by atoms with E-state index in [1.807, 2.05) is 13.8 Å². The lowest BCUT2D eigenvalue weighted by Gasteiger charge is -2.05. The fourth-order valence-electron chi connectivity index (χ4n) is 1.43. The van der Waals surface area contributed by atoms with Gasteiger partial charge in [-0.3, -0.25) is 9.89 Å². The molecule has 1 aromatic heterocycles. The number of nitrogens with one attached hydrogen (secondary N) is 2. The zero-order valence-corrected chi connectivity index (χ0v) is 12.3. The van der Waals surface area contributed by atoms with E-state index in [0.29, 0.717) is 11.9 Å². The van der Waals surface area contributed by atoms with Crippen molar-refractivity contribution in [2.75, 3.05) is 5.32 Å². The minimum atomic E-state index is -0.876. The van der Waals surface area contributed by atoms with E-state index in [9.17, 15) is 13.6 Å². The van der Waals surface area contributed by atoms with Crippen LogP contribution in [0.25, 0.3) is 0 Å². The predicted molar refractivity (Wildman–Crippen MR) is 72.5 cm³/mol. The van der Waals surface area contributed by atoms with Crippen molar-refractivity contribution in [3.63, 3.8) is 0 Å². The third-order valence-electron chi connectivity index (χ3n) is 2.51. The minimum absolute atomic E-state index is 0.0482. The summed E-state index contributed by atoms with van der Waals surface area (Å²) in [5.41, 5.74) is -0.154. The van der Waals surface area contributed by atoms with Gasteiger partial charge >= 0.3 is 0 Å². The average molecular weight is 345 g/mol. The van der Waals surface area contributed by atoms with E-state index in [1.165, 1.54) is 0 Å². The number of hydrogen-bond donors (Lipinski definition) is 2. The SMILES string of the molecule is CC(C)c1nc(C(=O)Nc2cc(Br)c(F)cc2F)n[nH]1. The van der Waals surface area contributed by atoms with Gasteiger partial charge in [0, 0.05) is 12.0 Å². The van der Waals surface area contributed by atoms with Gasteiger partial charge in [0.2, 0.25) is 5.82 Å². The van der Waals surface area contributed by atoms with Crippen molar-refractivity contribution in [3.8, 4) is 0 Å². The molecular formula is C12H11BrF2N4O. The summed E-state index contributed by atoms with van der Waals surface area (Å²) in [7, 11) is 0. The molecule has 0 unspecified atom stereocenters. The molecule has 1 heterocycles. The fraction of sp³-hybridized carbons (Fsp3) is 0.250. The molecule has 2 rings (SSSR count). The van der Waals surface area contributed by atoms with Gasteiger partial charge in [-0.25, -0.2) is 13.8 Å². The van der Waals surface area contributed by atoms with E-state index >= 15 is 0 Å². The zero-order chi connectivity index (χ0) is 14.9. The highest BCUT2D eigenvalue weighted by Gasteiger charge is 2.17. The number of carbonyl (C=O) groups is 1. The Morgan fingerprint density at radius 3 is 2.65 bits per heavy atom. The summed E-state index contributed by atoms with van der Waals surface area (Å²) in [6.45, 7) is 3.78. The lowest BCUT2D eigenvalue weighted by Crippen LogP contribution is -2.15. The zero-order valence-electron chi connectivity index (χ0n) is 10.7. The number of H-pyrrole nitrogens is 1. The number of hydrogen-bond acceptors (Lipinski definition) is 3. The summed E-state index contributed by atoms with van der Waals surface area (Å²) in [6.07, 6.45) is 0. The van der Waals surface area contributed by atoms with E-state index in [0.717, 1.165) is 6.07 Å². The van der Waals surface area contributed by atoms with Gasteiger partial charge in [0.25, 0.3) is 5.91 Å². The molecule has 1 amide bonds. The molecule has 0 saturated heterocycles. The Hall–Kier alpha value is -1.83. The first kappa shape index (κ1) is 14.6. The van der Waals surface area contributed by atoms with Crippen molar-refractivity contribution in [1.82, 2.24) is 15.2 Å². The quantitative estimate of drug-likeness (QED) is 0.839. The van der Waals surface area contributed by atoms with E-state index in [2.05, 4.69) is 36.4 Å². The summed E-state index contributed by atoms with van der Waals surface area (Å²) in [4.78, 5) is 15.9. The van der Waals surface area contributed by atoms with Gasteiger partial charge in [-0.2, -0.15) is 0 Å². The number of aromatic amines is 1. The van der Waals surface area contributed by atoms with Crippen molar-refractivity contribution in [3.05, 3.63) is 39.9 Å². The van der Waals surface area contributed by atoms with Crippen LogP contribution in [-0.2, 0) is 0 Å². The first-order chi connectivity index (χ1) is 9.38. The van der Waals surface area contributed by atoms with E-state index in [1.54, 1.807) is 0 Å². The molecule has 0 aliphatic carbocycles. The lowest BCUT2D eigenvalue weighted by molar-refractivity contribution is 0.101.